The first-order valence-corrected chi connectivity index (χ1v) is 11.4. The highest BCUT2D eigenvalue weighted by molar-refractivity contribution is 7.88. The summed E-state index contributed by atoms with van der Waals surface area (Å²) in [5.74, 6) is 0.000618. The Hall–Kier alpha value is -3.11. The second-order valence-corrected chi connectivity index (χ2v) is 8.80. The Kier molecular flexibility index (Phi) is 6.81. The van der Waals surface area contributed by atoms with Gasteiger partial charge in [-0.2, -0.15) is 0 Å². The number of carbonyl (C=O) groups excluding carboxylic acids is 2. The summed E-state index contributed by atoms with van der Waals surface area (Å²) in [6, 6.07) is 12.8. The van der Waals surface area contributed by atoms with Crippen molar-refractivity contribution in [3.05, 3.63) is 54.1 Å². The Morgan fingerprint density at radius 1 is 1.16 bits per heavy atom. The van der Waals surface area contributed by atoms with Crippen LogP contribution in [0.15, 0.2) is 48.5 Å². The molecule has 1 amide bonds. The number of anilines is 1. The molecule has 0 saturated heterocycles. The third-order valence-corrected chi connectivity index (χ3v) is 5.50. The van der Waals surface area contributed by atoms with Crippen molar-refractivity contribution in [2.24, 2.45) is 0 Å². The van der Waals surface area contributed by atoms with Crippen molar-refractivity contribution in [2.45, 2.75) is 18.6 Å². The fraction of sp³-hybridized carbons (Fsp3) is 0.333. The molecule has 0 spiro atoms. The molecule has 0 unspecified atom stereocenters. The summed E-state index contributed by atoms with van der Waals surface area (Å²) >= 11 is 0. The third-order valence-electron chi connectivity index (χ3n) is 4.79. The van der Waals surface area contributed by atoms with Crippen LogP contribution in [-0.2, 0) is 24.3 Å². The lowest BCUT2D eigenvalue weighted by Crippen LogP contribution is -2.48. The molecule has 0 saturated carbocycles. The number of carbonyl (C=O) groups is 2. The van der Waals surface area contributed by atoms with E-state index in [4.69, 9.17) is 14.2 Å². The van der Waals surface area contributed by atoms with Crippen LogP contribution in [0.5, 0.6) is 11.5 Å². The summed E-state index contributed by atoms with van der Waals surface area (Å²) in [5.41, 5.74) is 1.10. The molecular formula is C21H24N2O7S. The lowest BCUT2D eigenvalue weighted by molar-refractivity contribution is -0.148. The molecule has 2 atom stereocenters. The van der Waals surface area contributed by atoms with Crippen molar-refractivity contribution in [1.29, 1.82) is 0 Å². The Balaban J connectivity index is 1.90. The van der Waals surface area contributed by atoms with Crippen molar-refractivity contribution in [2.75, 3.05) is 31.9 Å². The standard InChI is InChI=1S/C21H24N2O7S/c1-28-15-10-8-14(9-11-15)16(22-31(3,26)27)12-20(24)23-13-19(21(25)29-2)30-18-7-5-4-6-17(18)23/h4-11,16,19,22H,12-13H2,1-3H3/t16-,19-/m0/s1. The largest absolute Gasteiger partial charge is 0.497 e. The van der Waals surface area contributed by atoms with E-state index in [0.717, 1.165) is 6.26 Å². The molecule has 10 heteroatoms. The van der Waals surface area contributed by atoms with E-state index in [-0.39, 0.29) is 18.9 Å². The van der Waals surface area contributed by atoms with Crippen molar-refractivity contribution in [1.82, 2.24) is 4.72 Å². The van der Waals surface area contributed by atoms with Gasteiger partial charge in [0.15, 0.2) is 0 Å². The number of rotatable bonds is 7. The highest BCUT2D eigenvalue weighted by atomic mass is 32.2. The van der Waals surface area contributed by atoms with Crippen LogP contribution in [-0.4, -0.2) is 53.4 Å². The van der Waals surface area contributed by atoms with Crippen LogP contribution in [0, 0.1) is 0 Å². The maximum Gasteiger partial charge on any atom is 0.348 e. The minimum Gasteiger partial charge on any atom is -0.497 e. The molecule has 1 aliphatic rings. The number of hydrogen-bond donors (Lipinski definition) is 1. The third kappa shape index (κ3) is 5.53. The number of hydrogen-bond acceptors (Lipinski definition) is 7. The molecule has 1 N–H and O–H groups in total. The van der Waals surface area contributed by atoms with Gasteiger partial charge in [0.1, 0.15) is 11.5 Å². The van der Waals surface area contributed by atoms with Gasteiger partial charge in [0.2, 0.25) is 22.0 Å². The molecule has 0 aliphatic carbocycles. The van der Waals surface area contributed by atoms with E-state index in [0.29, 0.717) is 22.7 Å². The first kappa shape index (κ1) is 22.6. The number of sulfonamides is 1. The summed E-state index contributed by atoms with van der Waals surface area (Å²) in [6.07, 6.45) is -0.112. The smallest absolute Gasteiger partial charge is 0.348 e. The van der Waals surface area contributed by atoms with Crippen molar-refractivity contribution in [3.63, 3.8) is 0 Å². The Morgan fingerprint density at radius 3 is 2.45 bits per heavy atom. The number of ether oxygens (including phenoxy) is 3. The Labute approximate surface area is 181 Å². The predicted molar refractivity (Wildman–Crippen MR) is 114 cm³/mol. The zero-order valence-electron chi connectivity index (χ0n) is 17.4. The van der Waals surface area contributed by atoms with Crippen LogP contribution in [0.3, 0.4) is 0 Å². The highest BCUT2D eigenvalue weighted by Crippen LogP contribution is 2.34. The van der Waals surface area contributed by atoms with E-state index in [2.05, 4.69) is 4.72 Å². The average Bonchev–Trinajstić information content (AvgIpc) is 2.76. The van der Waals surface area contributed by atoms with E-state index >= 15 is 0 Å². The van der Waals surface area contributed by atoms with Gasteiger partial charge in [0.05, 0.1) is 38.7 Å². The number of fused-ring (bicyclic) bond motifs is 1. The molecule has 0 fully saturated rings. The van der Waals surface area contributed by atoms with Crippen LogP contribution >= 0.6 is 0 Å². The molecule has 1 heterocycles. The number of benzene rings is 2. The van der Waals surface area contributed by atoms with Crippen LogP contribution < -0.4 is 19.1 Å². The number of methoxy groups -OCH3 is 2. The number of nitrogens with zero attached hydrogens (tertiary/aromatic N) is 1. The fourth-order valence-electron chi connectivity index (χ4n) is 3.33. The molecule has 2 aromatic rings. The van der Waals surface area contributed by atoms with Crippen LogP contribution in [0.25, 0.3) is 0 Å². The van der Waals surface area contributed by atoms with Gasteiger partial charge in [0, 0.05) is 6.42 Å². The topological polar surface area (TPSA) is 111 Å². The number of esters is 1. The molecule has 1 aliphatic heterocycles. The van der Waals surface area contributed by atoms with Crippen molar-refractivity contribution < 1.29 is 32.2 Å². The lowest BCUT2D eigenvalue weighted by atomic mass is 10.0. The van der Waals surface area contributed by atoms with E-state index in [1.165, 1.54) is 19.1 Å². The van der Waals surface area contributed by atoms with Crippen molar-refractivity contribution >= 4 is 27.6 Å². The second-order valence-electron chi connectivity index (χ2n) is 7.02. The highest BCUT2D eigenvalue weighted by Gasteiger charge is 2.35. The quantitative estimate of drug-likeness (QED) is 0.641. The van der Waals surface area contributed by atoms with Gasteiger partial charge in [-0.25, -0.2) is 17.9 Å². The monoisotopic (exact) mass is 448 g/mol. The Bertz CT molecular complexity index is 1050. The van der Waals surface area contributed by atoms with Crippen LogP contribution in [0.1, 0.15) is 18.0 Å². The summed E-state index contributed by atoms with van der Waals surface area (Å²) < 4.78 is 41.9. The number of para-hydroxylation sites is 2. The van der Waals surface area contributed by atoms with Crippen molar-refractivity contribution in [3.8, 4) is 11.5 Å². The summed E-state index contributed by atoms with van der Waals surface area (Å²) in [7, 11) is -0.833. The minimum absolute atomic E-state index is 0.0449. The first-order chi connectivity index (χ1) is 14.7. The molecule has 0 bridgehead atoms. The summed E-state index contributed by atoms with van der Waals surface area (Å²) in [5, 5.41) is 0. The van der Waals surface area contributed by atoms with E-state index < -0.39 is 28.1 Å². The molecule has 31 heavy (non-hydrogen) atoms. The SMILES string of the molecule is COC(=O)[C@@H]1CN(C(=O)C[C@H](NS(C)(=O)=O)c2ccc(OC)cc2)c2ccccc2O1. The molecular weight excluding hydrogens is 424 g/mol. The Morgan fingerprint density at radius 2 is 1.84 bits per heavy atom. The van der Waals surface area contributed by atoms with E-state index in [1.807, 2.05) is 0 Å². The molecule has 9 nitrogen and oxygen atoms in total. The van der Waals surface area contributed by atoms with Gasteiger partial charge in [-0.1, -0.05) is 24.3 Å². The van der Waals surface area contributed by atoms with Gasteiger partial charge in [-0.3, -0.25) is 4.79 Å². The molecule has 2 aromatic carbocycles. The first-order valence-electron chi connectivity index (χ1n) is 9.47. The number of amides is 1. The predicted octanol–water partition coefficient (Wildman–Crippen LogP) is 1.64. The number of nitrogens with one attached hydrogen (secondary N) is 1. The minimum atomic E-state index is -3.60. The van der Waals surface area contributed by atoms with Gasteiger partial charge in [-0.05, 0) is 29.8 Å². The van der Waals surface area contributed by atoms with Gasteiger partial charge < -0.3 is 19.1 Å². The summed E-state index contributed by atoms with van der Waals surface area (Å²) in [4.78, 5) is 26.7. The van der Waals surface area contributed by atoms with Gasteiger partial charge in [0.25, 0.3) is 0 Å². The summed E-state index contributed by atoms with van der Waals surface area (Å²) in [6.45, 7) is -0.0449. The zero-order valence-corrected chi connectivity index (χ0v) is 18.2. The zero-order chi connectivity index (χ0) is 22.6. The van der Waals surface area contributed by atoms with Crippen LogP contribution in [0.4, 0.5) is 5.69 Å². The molecule has 3 rings (SSSR count). The normalized spacial score (nSPS) is 16.6. The fourth-order valence-corrected chi connectivity index (χ4v) is 4.07. The lowest BCUT2D eigenvalue weighted by Gasteiger charge is -2.34. The maximum absolute atomic E-state index is 13.3. The van der Waals surface area contributed by atoms with E-state index in [1.54, 1.807) is 48.5 Å². The van der Waals surface area contributed by atoms with Gasteiger partial charge >= 0.3 is 5.97 Å². The van der Waals surface area contributed by atoms with E-state index in [9.17, 15) is 18.0 Å². The molecule has 166 valence electrons. The average molecular weight is 448 g/mol. The van der Waals surface area contributed by atoms with Gasteiger partial charge in [-0.15, -0.1) is 0 Å². The maximum atomic E-state index is 13.3. The second kappa shape index (κ2) is 9.36. The molecule has 0 aromatic heterocycles. The molecule has 0 radical (unpaired) electrons. The van der Waals surface area contributed by atoms with Crippen LogP contribution in [0.2, 0.25) is 0 Å².